The summed E-state index contributed by atoms with van der Waals surface area (Å²) in [4.78, 5) is 13.1. The lowest BCUT2D eigenvalue weighted by Crippen LogP contribution is -2.30. The Balaban J connectivity index is 3.54. The number of unbranched alkanes of at least 4 members (excludes halogenated alkanes) is 1. The van der Waals surface area contributed by atoms with E-state index in [2.05, 4.69) is 0 Å². The van der Waals surface area contributed by atoms with Crippen LogP contribution in [0.2, 0.25) is 0 Å². The highest BCUT2D eigenvalue weighted by Crippen LogP contribution is 1.99. The van der Waals surface area contributed by atoms with Crippen molar-refractivity contribution in [1.82, 2.24) is 4.90 Å². The smallest absolute Gasteiger partial charge is 0.222 e. The standard InChI is InChI=1S/C9H18NO2/c1-3-10(4-2)9(12)7-5-6-8-11/h3-8H2,1-2H3. The number of hydrogen-bond donors (Lipinski definition) is 0. The molecule has 0 aromatic carbocycles. The molecule has 0 N–H and O–H groups in total. The molecule has 0 heterocycles. The second kappa shape index (κ2) is 7.10. The molecule has 12 heavy (non-hydrogen) atoms. The second-order valence-electron chi connectivity index (χ2n) is 2.73. The van der Waals surface area contributed by atoms with Crippen LogP contribution in [0.15, 0.2) is 0 Å². The second-order valence-corrected chi connectivity index (χ2v) is 2.73. The van der Waals surface area contributed by atoms with Gasteiger partial charge < -0.3 is 4.90 Å². The summed E-state index contributed by atoms with van der Waals surface area (Å²) in [5.41, 5.74) is 0. The SMILES string of the molecule is CCN(CC)C(=O)CCCC[O]. The van der Waals surface area contributed by atoms with Gasteiger partial charge in [-0.1, -0.05) is 0 Å². The summed E-state index contributed by atoms with van der Waals surface area (Å²) in [6.07, 6.45) is 1.88. The molecule has 3 heteroatoms. The summed E-state index contributed by atoms with van der Waals surface area (Å²) in [5.74, 6) is 0.174. The average molecular weight is 172 g/mol. The first kappa shape index (κ1) is 11.4. The molecular formula is C9H18NO2. The van der Waals surface area contributed by atoms with E-state index >= 15 is 0 Å². The van der Waals surface area contributed by atoms with Gasteiger partial charge in [0.05, 0.1) is 6.61 Å². The molecule has 71 valence electrons. The Labute approximate surface area is 74.4 Å². The highest BCUT2D eigenvalue weighted by atomic mass is 16.2. The molecule has 0 aromatic rings. The van der Waals surface area contributed by atoms with Gasteiger partial charge in [-0.25, -0.2) is 5.11 Å². The zero-order chi connectivity index (χ0) is 9.40. The van der Waals surface area contributed by atoms with Gasteiger partial charge in [-0.3, -0.25) is 4.79 Å². The van der Waals surface area contributed by atoms with E-state index in [9.17, 15) is 9.90 Å². The van der Waals surface area contributed by atoms with Crippen molar-refractivity contribution in [3.63, 3.8) is 0 Å². The number of amides is 1. The molecule has 0 aliphatic heterocycles. The zero-order valence-corrected chi connectivity index (χ0v) is 8.01. The minimum absolute atomic E-state index is 0.0640. The summed E-state index contributed by atoms with van der Waals surface area (Å²) < 4.78 is 0. The molecule has 1 amide bonds. The third-order valence-electron chi connectivity index (χ3n) is 1.90. The van der Waals surface area contributed by atoms with Crippen LogP contribution in [-0.4, -0.2) is 30.5 Å². The molecule has 3 nitrogen and oxygen atoms in total. The molecule has 0 aliphatic carbocycles. The molecule has 0 bridgehead atoms. The molecule has 0 saturated heterocycles. The van der Waals surface area contributed by atoms with E-state index in [1.54, 1.807) is 4.90 Å². The van der Waals surface area contributed by atoms with Gasteiger partial charge in [-0.05, 0) is 26.7 Å². The van der Waals surface area contributed by atoms with Crippen molar-refractivity contribution in [3.8, 4) is 0 Å². The van der Waals surface area contributed by atoms with Crippen LogP contribution in [0.25, 0.3) is 0 Å². The van der Waals surface area contributed by atoms with Gasteiger partial charge in [-0.2, -0.15) is 0 Å². The Bertz CT molecular complexity index is 122. The Kier molecular flexibility index (Phi) is 6.76. The van der Waals surface area contributed by atoms with Crippen LogP contribution in [-0.2, 0) is 9.90 Å². The fourth-order valence-electron chi connectivity index (χ4n) is 1.11. The molecule has 0 aliphatic rings. The Morgan fingerprint density at radius 3 is 2.17 bits per heavy atom. The third-order valence-corrected chi connectivity index (χ3v) is 1.90. The van der Waals surface area contributed by atoms with Crippen molar-refractivity contribution >= 4 is 5.91 Å². The van der Waals surface area contributed by atoms with Gasteiger partial charge in [0, 0.05) is 19.5 Å². The van der Waals surface area contributed by atoms with Crippen molar-refractivity contribution < 1.29 is 9.90 Å². The van der Waals surface area contributed by atoms with Crippen molar-refractivity contribution in [2.45, 2.75) is 33.1 Å². The largest absolute Gasteiger partial charge is 0.343 e. The molecule has 0 aromatic heterocycles. The van der Waals surface area contributed by atoms with E-state index in [0.29, 0.717) is 12.8 Å². The van der Waals surface area contributed by atoms with E-state index in [4.69, 9.17) is 0 Å². The van der Waals surface area contributed by atoms with E-state index in [1.807, 2.05) is 13.8 Å². The maximum absolute atomic E-state index is 11.3. The molecular weight excluding hydrogens is 154 g/mol. The highest BCUT2D eigenvalue weighted by Gasteiger charge is 2.07. The van der Waals surface area contributed by atoms with E-state index < -0.39 is 0 Å². The van der Waals surface area contributed by atoms with E-state index in [0.717, 1.165) is 19.5 Å². The van der Waals surface area contributed by atoms with Gasteiger partial charge in [0.15, 0.2) is 0 Å². The Morgan fingerprint density at radius 1 is 1.17 bits per heavy atom. The van der Waals surface area contributed by atoms with Crippen LogP contribution >= 0.6 is 0 Å². The molecule has 0 fully saturated rings. The molecule has 0 spiro atoms. The summed E-state index contributed by atoms with van der Waals surface area (Å²) in [7, 11) is 0. The number of carbonyl (C=O) groups excluding carboxylic acids is 1. The van der Waals surface area contributed by atoms with Crippen molar-refractivity contribution in [3.05, 3.63) is 0 Å². The van der Waals surface area contributed by atoms with Crippen molar-refractivity contribution in [2.75, 3.05) is 19.7 Å². The summed E-state index contributed by atoms with van der Waals surface area (Å²) >= 11 is 0. The predicted molar refractivity (Wildman–Crippen MR) is 47.3 cm³/mol. The van der Waals surface area contributed by atoms with E-state index in [1.165, 1.54) is 0 Å². The van der Waals surface area contributed by atoms with Crippen molar-refractivity contribution in [1.29, 1.82) is 0 Å². The molecule has 0 atom stereocenters. The van der Waals surface area contributed by atoms with Crippen LogP contribution in [0.4, 0.5) is 0 Å². The van der Waals surface area contributed by atoms with Crippen LogP contribution in [0.1, 0.15) is 33.1 Å². The van der Waals surface area contributed by atoms with E-state index in [-0.39, 0.29) is 12.5 Å². The number of carbonyl (C=O) groups is 1. The van der Waals surface area contributed by atoms with Crippen LogP contribution in [0.3, 0.4) is 0 Å². The first-order valence-corrected chi connectivity index (χ1v) is 4.62. The Hall–Kier alpha value is -0.570. The lowest BCUT2D eigenvalue weighted by molar-refractivity contribution is -0.130. The topological polar surface area (TPSA) is 40.2 Å². The maximum Gasteiger partial charge on any atom is 0.222 e. The first-order valence-electron chi connectivity index (χ1n) is 4.62. The van der Waals surface area contributed by atoms with Crippen molar-refractivity contribution in [2.24, 2.45) is 0 Å². The highest BCUT2D eigenvalue weighted by molar-refractivity contribution is 5.75. The minimum Gasteiger partial charge on any atom is -0.343 e. The summed E-state index contributed by atoms with van der Waals surface area (Å²) in [5, 5.41) is 10.1. The Morgan fingerprint density at radius 2 is 1.75 bits per heavy atom. The molecule has 0 saturated carbocycles. The lowest BCUT2D eigenvalue weighted by Gasteiger charge is -2.18. The fraction of sp³-hybridized carbons (Fsp3) is 0.889. The minimum atomic E-state index is -0.0640. The van der Waals surface area contributed by atoms with Gasteiger partial charge in [0.25, 0.3) is 0 Å². The van der Waals surface area contributed by atoms with Gasteiger partial charge >= 0.3 is 0 Å². The van der Waals surface area contributed by atoms with Crippen LogP contribution < -0.4 is 0 Å². The number of rotatable bonds is 6. The monoisotopic (exact) mass is 172 g/mol. The molecule has 0 rings (SSSR count). The number of nitrogens with zero attached hydrogens (tertiary/aromatic N) is 1. The third kappa shape index (κ3) is 4.34. The fourth-order valence-corrected chi connectivity index (χ4v) is 1.11. The normalized spacial score (nSPS) is 9.92. The summed E-state index contributed by atoms with van der Waals surface area (Å²) in [6.45, 7) is 5.41. The first-order chi connectivity index (χ1) is 5.76. The molecule has 0 unspecified atom stereocenters. The van der Waals surface area contributed by atoms with Crippen LogP contribution in [0, 0.1) is 0 Å². The zero-order valence-electron chi connectivity index (χ0n) is 8.01. The number of hydrogen-bond acceptors (Lipinski definition) is 1. The van der Waals surface area contributed by atoms with Crippen LogP contribution in [0.5, 0.6) is 0 Å². The maximum atomic E-state index is 11.3. The molecule has 1 radical (unpaired) electrons. The van der Waals surface area contributed by atoms with Gasteiger partial charge in [0.2, 0.25) is 5.91 Å². The quantitative estimate of drug-likeness (QED) is 0.559. The summed E-state index contributed by atoms with van der Waals surface area (Å²) in [6, 6.07) is 0. The lowest BCUT2D eigenvalue weighted by atomic mass is 10.2. The average Bonchev–Trinajstić information content (AvgIpc) is 2.07. The van der Waals surface area contributed by atoms with Gasteiger partial charge in [-0.15, -0.1) is 0 Å². The predicted octanol–water partition coefficient (Wildman–Crippen LogP) is 1.46. The van der Waals surface area contributed by atoms with Gasteiger partial charge in [0.1, 0.15) is 0 Å².